The molecule has 7 heteroatoms. The highest BCUT2D eigenvalue weighted by molar-refractivity contribution is 5.87. The van der Waals surface area contributed by atoms with Crippen molar-refractivity contribution in [1.29, 1.82) is 0 Å². The number of rotatable bonds is 8. The molecular weight excluding hydrogens is 474 g/mol. The second kappa shape index (κ2) is 10.9. The number of hydrogen-bond acceptors (Lipinski definition) is 3. The van der Waals surface area contributed by atoms with E-state index in [1.54, 1.807) is 37.4 Å². The molecule has 0 N–H and O–H groups in total. The van der Waals surface area contributed by atoms with Crippen LogP contribution in [0.1, 0.15) is 24.0 Å². The molecule has 1 amide bonds. The fourth-order valence-corrected chi connectivity index (χ4v) is 5.75. The summed E-state index contributed by atoms with van der Waals surface area (Å²) in [6, 6.07) is 20.2. The first-order chi connectivity index (χ1) is 17.9. The van der Waals surface area contributed by atoms with Crippen LogP contribution in [-0.2, 0) is 17.7 Å². The van der Waals surface area contributed by atoms with Crippen molar-refractivity contribution in [3.05, 3.63) is 95.6 Å². The van der Waals surface area contributed by atoms with Gasteiger partial charge in [-0.1, -0.05) is 36.4 Å². The predicted octanol–water partition coefficient (Wildman–Crippen LogP) is 5.97. The first-order valence-electron chi connectivity index (χ1n) is 12.9. The smallest absolute Gasteiger partial charge is 0.415 e. The van der Waals surface area contributed by atoms with Gasteiger partial charge >= 0.3 is 6.09 Å². The van der Waals surface area contributed by atoms with Gasteiger partial charge in [0.05, 0.1) is 39.0 Å². The lowest BCUT2D eigenvalue weighted by atomic mass is 9.83. The minimum Gasteiger partial charge on any atom is -0.497 e. The summed E-state index contributed by atoms with van der Waals surface area (Å²) in [6.07, 6.45) is 2.15. The predicted molar refractivity (Wildman–Crippen MR) is 138 cm³/mol. The van der Waals surface area contributed by atoms with Gasteiger partial charge in [0.15, 0.2) is 6.10 Å². The van der Waals surface area contributed by atoms with Crippen LogP contribution in [0.3, 0.4) is 0 Å². The minimum atomic E-state index is -0.570. The minimum absolute atomic E-state index is 0.0905. The van der Waals surface area contributed by atoms with E-state index in [0.717, 1.165) is 55.7 Å². The van der Waals surface area contributed by atoms with E-state index < -0.39 is 11.9 Å². The number of para-hydroxylation sites is 1. The number of carbonyl (C=O) groups excluding carboxylic acids is 1. The Morgan fingerprint density at radius 3 is 2.46 bits per heavy atom. The van der Waals surface area contributed by atoms with Gasteiger partial charge in [-0.2, -0.15) is 0 Å². The first kappa shape index (κ1) is 25.2. The summed E-state index contributed by atoms with van der Waals surface area (Å²) in [5, 5.41) is 0. The summed E-state index contributed by atoms with van der Waals surface area (Å²) < 4.78 is 40.6. The van der Waals surface area contributed by atoms with E-state index in [-0.39, 0.29) is 24.2 Å². The Morgan fingerprint density at radius 1 is 0.973 bits per heavy atom. The summed E-state index contributed by atoms with van der Waals surface area (Å²) in [6.45, 7) is 3.99. The molecule has 0 aliphatic carbocycles. The van der Waals surface area contributed by atoms with Crippen molar-refractivity contribution in [1.82, 2.24) is 0 Å². The molecule has 0 saturated carbocycles. The maximum absolute atomic E-state index is 14.8. The quantitative estimate of drug-likeness (QED) is 0.353. The van der Waals surface area contributed by atoms with Crippen LogP contribution in [0.25, 0.3) is 0 Å². The molecule has 1 atom stereocenters. The summed E-state index contributed by atoms with van der Waals surface area (Å²) in [4.78, 5) is 14.8. The van der Waals surface area contributed by atoms with E-state index in [1.807, 2.05) is 12.1 Å². The molecule has 3 aliphatic rings. The highest BCUT2D eigenvalue weighted by Crippen LogP contribution is 2.36. The molecule has 3 aliphatic heterocycles. The van der Waals surface area contributed by atoms with Gasteiger partial charge in [-0.15, -0.1) is 0 Å². The number of nitrogens with zero attached hydrogens (tertiary/aromatic N) is 2. The van der Waals surface area contributed by atoms with Crippen LogP contribution in [0.4, 0.5) is 19.3 Å². The summed E-state index contributed by atoms with van der Waals surface area (Å²) in [5.74, 6) is 0.307. The number of anilines is 1. The fraction of sp³-hybridized carbons (Fsp3) is 0.367. The zero-order valence-electron chi connectivity index (χ0n) is 21.1. The number of ether oxygens (including phenoxy) is 2. The third-order valence-corrected chi connectivity index (χ3v) is 7.92. The van der Waals surface area contributed by atoms with Crippen molar-refractivity contribution in [3.8, 4) is 5.75 Å². The lowest BCUT2D eigenvalue weighted by Gasteiger charge is -2.52. The summed E-state index contributed by atoms with van der Waals surface area (Å²) in [7, 11) is 1.68. The van der Waals surface area contributed by atoms with E-state index in [4.69, 9.17) is 9.47 Å². The maximum atomic E-state index is 14.8. The molecule has 3 saturated heterocycles. The molecule has 6 rings (SSSR count). The van der Waals surface area contributed by atoms with Crippen molar-refractivity contribution >= 4 is 11.8 Å². The summed E-state index contributed by atoms with van der Waals surface area (Å²) >= 11 is 0. The van der Waals surface area contributed by atoms with Crippen LogP contribution in [0.2, 0.25) is 0 Å². The maximum Gasteiger partial charge on any atom is 0.415 e. The topological polar surface area (TPSA) is 38.8 Å². The number of methoxy groups -OCH3 is 1. The van der Waals surface area contributed by atoms with E-state index in [0.29, 0.717) is 11.5 Å². The van der Waals surface area contributed by atoms with Crippen molar-refractivity contribution in [2.24, 2.45) is 5.92 Å². The molecule has 2 bridgehead atoms. The molecule has 0 spiro atoms. The lowest BCUT2D eigenvalue weighted by Crippen LogP contribution is -2.65. The Balaban J connectivity index is 1.30. The van der Waals surface area contributed by atoms with E-state index >= 15 is 0 Å². The number of quaternary nitrogens is 1. The monoisotopic (exact) mass is 507 g/mol. The van der Waals surface area contributed by atoms with Crippen molar-refractivity contribution in [2.45, 2.75) is 31.9 Å². The number of piperidine rings is 3. The number of benzene rings is 3. The molecule has 194 valence electrons. The Morgan fingerprint density at radius 2 is 1.73 bits per heavy atom. The van der Waals surface area contributed by atoms with Crippen LogP contribution in [0.5, 0.6) is 5.75 Å². The van der Waals surface area contributed by atoms with E-state index in [9.17, 15) is 13.6 Å². The second-order valence-electron chi connectivity index (χ2n) is 10.2. The average Bonchev–Trinajstić information content (AvgIpc) is 2.93. The van der Waals surface area contributed by atoms with Gasteiger partial charge < -0.3 is 14.0 Å². The molecule has 3 fully saturated rings. The average molecular weight is 508 g/mol. The van der Waals surface area contributed by atoms with Crippen LogP contribution in [0.15, 0.2) is 72.8 Å². The number of amides is 1. The largest absolute Gasteiger partial charge is 0.497 e. The van der Waals surface area contributed by atoms with Gasteiger partial charge in [0.1, 0.15) is 23.9 Å². The van der Waals surface area contributed by atoms with E-state index in [2.05, 4.69) is 12.1 Å². The molecule has 0 unspecified atom stereocenters. The lowest BCUT2D eigenvalue weighted by molar-refractivity contribution is -0.945. The number of halogens is 2. The van der Waals surface area contributed by atoms with E-state index in [1.165, 1.54) is 28.7 Å². The second-order valence-corrected chi connectivity index (χ2v) is 10.2. The highest BCUT2D eigenvalue weighted by Gasteiger charge is 2.47. The third kappa shape index (κ3) is 5.77. The normalized spacial score (nSPS) is 22.5. The van der Waals surface area contributed by atoms with Crippen LogP contribution in [-0.4, -0.2) is 50.0 Å². The fourth-order valence-electron chi connectivity index (χ4n) is 5.75. The molecule has 37 heavy (non-hydrogen) atoms. The standard InChI is InChI=1S/C30H33F2N2O3/c1-36-26-6-4-5-22(19-26)13-16-34-17-14-24(15-18-34)29(21-34)37-30(35)33(28-8-3-2-7-27(28)32)20-23-9-11-25(31)12-10-23/h2-12,19,24,29H,13-18,20-21H2,1H3/q+1/t24?,29-,34?/m0/s1. The first-order valence-corrected chi connectivity index (χ1v) is 12.9. The van der Waals surface area contributed by atoms with Crippen molar-refractivity contribution in [2.75, 3.05) is 38.2 Å². The number of fused-ring (bicyclic) bond motifs is 3. The molecular formula is C30H33F2N2O3+. The Hall–Kier alpha value is -3.45. The van der Waals surface area contributed by atoms with Gasteiger partial charge in [0.2, 0.25) is 0 Å². The molecule has 3 aromatic carbocycles. The van der Waals surface area contributed by atoms with Gasteiger partial charge in [-0.25, -0.2) is 13.6 Å². The van der Waals surface area contributed by atoms with Gasteiger partial charge in [0, 0.05) is 25.2 Å². The van der Waals surface area contributed by atoms with Crippen LogP contribution < -0.4 is 9.64 Å². The Bertz CT molecular complexity index is 1230. The van der Waals surface area contributed by atoms with Gasteiger partial charge in [0.25, 0.3) is 0 Å². The van der Waals surface area contributed by atoms with Gasteiger partial charge in [-0.05, 0) is 47.5 Å². The van der Waals surface area contributed by atoms with Crippen LogP contribution in [0, 0.1) is 17.6 Å². The van der Waals surface area contributed by atoms with Crippen LogP contribution >= 0.6 is 0 Å². The van der Waals surface area contributed by atoms with Gasteiger partial charge in [-0.3, -0.25) is 4.90 Å². The number of carbonyl (C=O) groups is 1. The zero-order chi connectivity index (χ0) is 25.8. The SMILES string of the molecule is COc1cccc(CC[N+]23CCC(CC2)[C@@H](OC(=O)N(Cc2ccc(F)cc2)c2ccccc2F)C3)c1. The van der Waals surface area contributed by atoms with Crippen molar-refractivity contribution in [3.63, 3.8) is 0 Å². The highest BCUT2D eigenvalue weighted by atomic mass is 19.1. The Kier molecular flexibility index (Phi) is 7.42. The molecule has 5 nitrogen and oxygen atoms in total. The Labute approximate surface area is 216 Å². The molecule has 0 aromatic heterocycles. The third-order valence-electron chi connectivity index (χ3n) is 7.92. The molecule has 3 aromatic rings. The summed E-state index contributed by atoms with van der Waals surface area (Å²) in [5.41, 5.74) is 2.08. The van der Waals surface area contributed by atoms with Crippen molar-refractivity contribution < 1.29 is 27.5 Å². The number of hydrogen-bond donors (Lipinski definition) is 0. The molecule has 0 radical (unpaired) electrons. The molecule has 3 heterocycles. The zero-order valence-corrected chi connectivity index (χ0v) is 21.1.